The summed E-state index contributed by atoms with van der Waals surface area (Å²) in [6.45, 7) is 5.95. The van der Waals surface area contributed by atoms with Crippen LogP contribution in [-0.4, -0.2) is 57.2 Å². The van der Waals surface area contributed by atoms with E-state index in [1.807, 2.05) is 18.2 Å². The number of para-hydroxylation sites is 1. The fraction of sp³-hybridized carbons (Fsp3) is 0.519. The molecule has 0 bridgehead atoms. The highest BCUT2D eigenvalue weighted by Crippen LogP contribution is 2.31. The molecule has 1 saturated carbocycles. The van der Waals surface area contributed by atoms with Crippen LogP contribution in [0.15, 0.2) is 48.5 Å². The number of benzene rings is 2. The average molecular weight is 452 g/mol. The van der Waals surface area contributed by atoms with Crippen molar-refractivity contribution >= 4 is 17.3 Å². The second-order valence-electron chi connectivity index (χ2n) is 9.06. The fourth-order valence-corrected chi connectivity index (χ4v) is 4.81. The van der Waals surface area contributed by atoms with Crippen molar-refractivity contribution in [2.75, 3.05) is 56.7 Å². The lowest BCUT2D eigenvalue weighted by atomic mass is 9.88. The standard InChI is InChI=1S/C27H37N3O3/c1-32-26-21-23(28-27(31)22-9-4-2-5-10-22)13-14-25(26)33-20-8-15-29-16-18-30(19-17-29)24-11-6-3-7-12-24/h3,6-7,11-14,21-22H,2,4-5,8-10,15-20H2,1H3,(H,28,31). The number of carbonyl (C=O) groups is 1. The van der Waals surface area contributed by atoms with Crippen molar-refractivity contribution in [1.29, 1.82) is 0 Å². The fourth-order valence-electron chi connectivity index (χ4n) is 4.81. The molecule has 1 saturated heterocycles. The van der Waals surface area contributed by atoms with E-state index in [2.05, 4.69) is 45.4 Å². The van der Waals surface area contributed by atoms with Crippen LogP contribution in [0, 0.1) is 5.92 Å². The highest BCUT2D eigenvalue weighted by atomic mass is 16.5. The van der Waals surface area contributed by atoms with Crippen LogP contribution in [0.1, 0.15) is 38.5 Å². The minimum atomic E-state index is 0.123. The zero-order chi connectivity index (χ0) is 22.9. The molecule has 1 amide bonds. The molecule has 1 aliphatic heterocycles. The molecule has 1 aliphatic carbocycles. The van der Waals surface area contributed by atoms with Crippen molar-refractivity contribution in [1.82, 2.24) is 4.90 Å². The summed E-state index contributed by atoms with van der Waals surface area (Å²) >= 11 is 0. The Labute approximate surface area is 197 Å². The second-order valence-corrected chi connectivity index (χ2v) is 9.06. The molecule has 2 aromatic carbocycles. The van der Waals surface area contributed by atoms with E-state index in [4.69, 9.17) is 9.47 Å². The van der Waals surface area contributed by atoms with Crippen molar-refractivity contribution in [2.45, 2.75) is 38.5 Å². The molecule has 178 valence electrons. The van der Waals surface area contributed by atoms with Gasteiger partial charge >= 0.3 is 0 Å². The van der Waals surface area contributed by atoms with Gasteiger partial charge in [-0.2, -0.15) is 0 Å². The Hall–Kier alpha value is -2.73. The van der Waals surface area contributed by atoms with Gasteiger partial charge in [0.15, 0.2) is 11.5 Å². The lowest BCUT2D eigenvalue weighted by Gasteiger charge is -2.36. The van der Waals surface area contributed by atoms with Crippen molar-refractivity contribution in [3.05, 3.63) is 48.5 Å². The van der Waals surface area contributed by atoms with Gasteiger partial charge in [0.1, 0.15) is 0 Å². The summed E-state index contributed by atoms with van der Waals surface area (Å²) in [5, 5.41) is 3.05. The molecule has 2 aromatic rings. The van der Waals surface area contributed by atoms with Crippen LogP contribution in [0.25, 0.3) is 0 Å². The number of piperazine rings is 1. The third-order valence-electron chi connectivity index (χ3n) is 6.78. The summed E-state index contributed by atoms with van der Waals surface area (Å²) in [7, 11) is 1.64. The SMILES string of the molecule is COc1cc(NC(=O)C2CCCCC2)ccc1OCCCN1CCN(c2ccccc2)CC1. The maximum atomic E-state index is 12.5. The maximum Gasteiger partial charge on any atom is 0.227 e. The normalized spacial score (nSPS) is 17.5. The smallest absolute Gasteiger partial charge is 0.227 e. The molecule has 6 heteroatoms. The summed E-state index contributed by atoms with van der Waals surface area (Å²) in [5.74, 6) is 1.64. The third kappa shape index (κ3) is 6.64. The quantitative estimate of drug-likeness (QED) is 0.555. The first-order valence-electron chi connectivity index (χ1n) is 12.4. The van der Waals surface area contributed by atoms with Gasteiger partial charge in [-0.15, -0.1) is 0 Å². The molecule has 1 heterocycles. The Morgan fingerprint density at radius 1 is 0.970 bits per heavy atom. The van der Waals surface area contributed by atoms with Gasteiger partial charge in [0.2, 0.25) is 5.91 Å². The Bertz CT molecular complexity index is 875. The molecule has 0 atom stereocenters. The predicted molar refractivity (Wildman–Crippen MR) is 133 cm³/mol. The number of hydrogen-bond donors (Lipinski definition) is 1. The number of nitrogens with one attached hydrogen (secondary N) is 1. The van der Waals surface area contributed by atoms with Crippen LogP contribution in [0.2, 0.25) is 0 Å². The molecule has 0 unspecified atom stereocenters. The summed E-state index contributed by atoms with van der Waals surface area (Å²) in [6, 6.07) is 16.3. The first-order chi connectivity index (χ1) is 16.2. The van der Waals surface area contributed by atoms with Crippen LogP contribution in [0.5, 0.6) is 11.5 Å². The zero-order valence-electron chi connectivity index (χ0n) is 19.8. The molecule has 2 fully saturated rings. The van der Waals surface area contributed by atoms with Gasteiger partial charge in [-0.05, 0) is 43.5 Å². The minimum Gasteiger partial charge on any atom is -0.493 e. The van der Waals surface area contributed by atoms with E-state index >= 15 is 0 Å². The molecular formula is C27H37N3O3. The van der Waals surface area contributed by atoms with E-state index in [0.717, 1.165) is 76.3 Å². The highest BCUT2D eigenvalue weighted by Gasteiger charge is 2.21. The number of methoxy groups -OCH3 is 1. The van der Waals surface area contributed by atoms with Crippen LogP contribution in [-0.2, 0) is 4.79 Å². The molecule has 1 N–H and O–H groups in total. The number of hydrogen-bond acceptors (Lipinski definition) is 5. The van der Waals surface area contributed by atoms with Crippen LogP contribution >= 0.6 is 0 Å². The molecule has 2 aliphatic rings. The Morgan fingerprint density at radius 3 is 2.45 bits per heavy atom. The third-order valence-corrected chi connectivity index (χ3v) is 6.78. The molecule has 0 aromatic heterocycles. The summed E-state index contributed by atoms with van der Waals surface area (Å²) in [5.41, 5.74) is 2.08. The van der Waals surface area contributed by atoms with E-state index in [1.165, 1.54) is 12.1 Å². The molecule has 0 spiro atoms. The molecular weight excluding hydrogens is 414 g/mol. The van der Waals surface area contributed by atoms with Crippen molar-refractivity contribution < 1.29 is 14.3 Å². The second kappa shape index (κ2) is 11.9. The number of anilines is 2. The number of nitrogens with zero attached hydrogens (tertiary/aromatic N) is 2. The van der Waals surface area contributed by atoms with Crippen LogP contribution in [0.4, 0.5) is 11.4 Å². The van der Waals surface area contributed by atoms with Gasteiger partial charge in [-0.3, -0.25) is 9.69 Å². The Balaban J connectivity index is 1.19. The average Bonchev–Trinajstić information content (AvgIpc) is 2.88. The molecule has 0 radical (unpaired) electrons. The number of rotatable bonds is 9. The van der Waals surface area contributed by atoms with Crippen LogP contribution < -0.4 is 19.7 Å². The predicted octanol–water partition coefficient (Wildman–Crippen LogP) is 4.81. The lowest BCUT2D eigenvalue weighted by molar-refractivity contribution is -0.120. The van der Waals surface area contributed by atoms with Crippen molar-refractivity contribution in [3.8, 4) is 11.5 Å². The van der Waals surface area contributed by atoms with Gasteiger partial charge in [0, 0.05) is 56.1 Å². The van der Waals surface area contributed by atoms with Gasteiger partial charge < -0.3 is 19.7 Å². The topological polar surface area (TPSA) is 54.0 Å². The number of ether oxygens (including phenoxy) is 2. The van der Waals surface area contributed by atoms with Gasteiger partial charge in [-0.25, -0.2) is 0 Å². The monoisotopic (exact) mass is 451 g/mol. The minimum absolute atomic E-state index is 0.123. The number of amides is 1. The summed E-state index contributed by atoms with van der Waals surface area (Å²) in [6.07, 6.45) is 6.49. The lowest BCUT2D eigenvalue weighted by Crippen LogP contribution is -2.46. The van der Waals surface area contributed by atoms with E-state index in [9.17, 15) is 4.79 Å². The van der Waals surface area contributed by atoms with Gasteiger partial charge in [-0.1, -0.05) is 37.5 Å². The van der Waals surface area contributed by atoms with Gasteiger partial charge in [0.25, 0.3) is 0 Å². The van der Waals surface area contributed by atoms with E-state index in [0.29, 0.717) is 12.4 Å². The van der Waals surface area contributed by atoms with Crippen molar-refractivity contribution in [2.24, 2.45) is 5.92 Å². The van der Waals surface area contributed by atoms with E-state index in [-0.39, 0.29) is 11.8 Å². The summed E-state index contributed by atoms with van der Waals surface area (Å²) < 4.78 is 11.5. The van der Waals surface area contributed by atoms with Crippen LogP contribution in [0.3, 0.4) is 0 Å². The van der Waals surface area contributed by atoms with E-state index in [1.54, 1.807) is 7.11 Å². The first-order valence-corrected chi connectivity index (χ1v) is 12.4. The Kier molecular flexibility index (Phi) is 8.47. The highest BCUT2D eigenvalue weighted by molar-refractivity contribution is 5.92. The zero-order valence-corrected chi connectivity index (χ0v) is 19.8. The largest absolute Gasteiger partial charge is 0.493 e. The number of carbonyl (C=O) groups excluding carboxylic acids is 1. The molecule has 6 nitrogen and oxygen atoms in total. The Morgan fingerprint density at radius 2 is 1.73 bits per heavy atom. The van der Waals surface area contributed by atoms with Gasteiger partial charge in [0.05, 0.1) is 13.7 Å². The summed E-state index contributed by atoms with van der Waals surface area (Å²) in [4.78, 5) is 17.5. The maximum absolute atomic E-state index is 12.5. The molecule has 33 heavy (non-hydrogen) atoms. The molecule has 4 rings (SSSR count). The van der Waals surface area contributed by atoms with Crippen molar-refractivity contribution in [3.63, 3.8) is 0 Å². The van der Waals surface area contributed by atoms with E-state index < -0.39 is 0 Å². The first kappa shape index (κ1) is 23.4.